The SMILES string of the molecule is CCC(CC)CS(=O)(=O)NC1CCc2nnc(C)n2C1. The number of nitrogens with one attached hydrogen (secondary N) is 1. The number of fused-ring (bicyclic) bond motifs is 1. The van der Waals surface area contributed by atoms with Crippen molar-refractivity contribution in [3.8, 4) is 0 Å². The lowest BCUT2D eigenvalue weighted by Crippen LogP contribution is -2.43. The van der Waals surface area contributed by atoms with Gasteiger partial charge in [-0.25, -0.2) is 13.1 Å². The normalized spacial score (nSPS) is 19.3. The molecule has 0 aliphatic carbocycles. The molecule has 2 heterocycles. The second-order valence-corrected chi connectivity index (χ2v) is 7.39. The van der Waals surface area contributed by atoms with Crippen LogP contribution >= 0.6 is 0 Å². The highest BCUT2D eigenvalue weighted by Gasteiger charge is 2.26. The van der Waals surface area contributed by atoms with E-state index >= 15 is 0 Å². The summed E-state index contributed by atoms with van der Waals surface area (Å²) >= 11 is 0. The highest BCUT2D eigenvalue weighted by molar-refractivity contribution is 7.89. The summed E-state index contributed by atoms with van der Waals surface area (Å²) in [5.41, 5.74) is 0. The molecular weight excluding hydrogens is 276 g/mol. The quantitative estimate of drug-likeness (QED) is 0.858. The Labute approximate surface area is 121 Å². The zero-order valence-electron chi connectivity index (χ0n) is 12.5. The molecule has 0 saturated carbocycles. The van der Waals surface area contributed by atoms with Gasteiger partial charge in [0.2, 0.25) is 10.0 Å². The van der Waals surface area contributed by atoms with Crippen LogP contribution in [0.2, 0.25) is 0 Å². The zero-order chi connectivity index (χ0) is 14.8. The summed E-state index contributed by atoms with van der Waals surface area (Å²) in [7, 11) is -3.21. The molecule has 0 aromatic carbocycles. The van der Waals surface area contributed by atoms with Gasteiger partial charge in [0.1, 0.15) is 11.6 Å². The lowest BCUT2D eigenvalue weighted by molar-refractivity contribution is 0.413. The summed E-state index contributed by atoms with van der Waals surface area (Å²) in [5.74, 6) is 2.27. The van der Waals surface area contributed by atoms with Gasteiger partial charge >= 0.3 is 0 Å². The Morgan fingerprint density at radius 1 is 1.35 bits per heavy atom. The number of aryl methyl sites for hydroxylation is 2. The van der Waals surface area contributed by atoms with Gasteiger partial charge in [0.05, 0.1) is 5.75 Å². The molecule has 1 N–H and O–H groups in total. The highest BCUT2D eigenvalue weighted by atomic mass is 32.2. The van der Waals surface area contributed by atoms with Crippen molar-refractivity contribution in [2.75, 3.05) is 5.75 Å². The molecule has 0 fully saturated rings. The van der Waals surface area contributed by atoms with Crippen molar-refractivity contribution in [1.82, 2.24) is 19.5 Å². The van der Waals surface area contributed by atoms with Crippen LogP contribution in [0.25, 0.3) is 0 Å². The number of sulfonamides is 1. The van der Waals surface area contributed by atoms with Crippen LogP contribution in [0.5, 0.6) is 0 Å². The van der Waals surface area contributed by atoms with Crippen LogP contribution in [-0.4, -0.2) is 35.0 Å². The maximum Gasteiger partial charge on any atom is 0.212 e. The van der Waals surface area contributed by atoms with E-state index in [1.54, 1.807) is 0 Å². The molecule has 6 nitrogen and oxygen atoms in total. The Morgan fingerprint density at radius 2 is 2.05 bits per heavy atom. The van der Waals surface area contributed by atoms with E-state index < -0.39 is 10.0 Å². The van der Waals surface area contributed by atoms with Gasteiger partial charge in [-0.2, -0.15) is 0 Å². The van der Waals surface area contributed by atoms with Gasteiger partial charge in [-0.05, 0) is 19.3 Å². The molecule has 1 aromatic rings. The number of rotatable bonds is 6. The number of hydrogen-bond acceptors (Lipinski definition) is 4. The average molecular weight is 300 g/mol. The molecule has 0 spiro atoms. The fraction of sp³-hybridized carbons (Fsp3) is 0.846. The standard InChI is InChI=1S/C13H24N4O2S/c1-4-11(5-2)9-20(18,19)16-12-6-7-13-15-14-10(3)17(13)8-12/h11-12,16H,4-9H2,1-3H3. The lowest BCUT2D eigenvalue weighted by atomic mass is 10.1. The molecule has 0 saturated heterocycles. The maximum absolute atomic E-state index is 12.2. The summed E-state index contributed by atoms with van der Waals surface area (Å²) in [6.07, 6.45) is 3.37. The largest absolute Gasteiger partial charge is 0.314 e. The molecular formula is C13H24N4O2S. The fourth-order valence-electron chi connectivity index (χ4n) is 2.70. The van der Waals surface area contributed by atoms with Crippen LogP contribution in [0.3, 0.4) is 0 Å². The van der Waals surface area contributed by atoms with E-state index in [1.807, 2.05) is 25.3 Å². The average Bonchev–Trinajstić information content (AvgIpc) is 2.77. The van der Waals surface area contributed by atoms with Gasteiger partial charge in [-0.15, -0.1) is 10.2 Å². The van der Waals surface area contributed by atoms with E-state index in [0.717, 1.165) is 37.3 Å². The molecule has 1 aliphatic heterocycles. The molecule has 1 atom stereocenters. The fourth-order valence-corrected chi connectivity index (χ4v) is 4.58. The maximum atomic E-state index is 12.2. The van der Waals surface area contributed by atoms with Gasteiger partial charge < -0.3 is 4.57 Å². The van der Waals surface area contributed by atoms with Gasteiger partial charge in [0, 0.05) is 19.0 Å². The third-order valence-electron chi connectivity index (χ3n) is 4.09. The predicted molar refractivity (Wildman–Crippen MR) is 77.9 cm³/mol. The summed E-state index contributed by atoms with van der Waals surface area (Å²) in [6, 6.07) is -0.0448. The van der Waals surface area contributed by atoms with Crippen molar-refractivity contribution < 1.29 is 8.42 Å². The van der Waals surface area contributed by atoms with Crippen LogP contribution in [0.1, 0.15) is 44.8 Å². The first-order valence-corrected chi connectivity index (χ1v) is 8.99. The van der Waals surface area contributed by atoms with Crippen molar-refractivity contribution in [3.05, 3.63) is 11.6 Å². The minimum absolute atomic E-state index is 0.0448. The Bertz CT molecular complexity index is 549. The Balaban J connectivity index is 1.99. The smallest absolute Gasteiger partial charge is 0.212 e. The summed E-state index contributed by atoms with van der Waals surface area (Å²) in [5, 5.41) is 8.14. The van der Waals surface area contributed by atoms with Gasteiger partial charge in [-0.3, -0.25) is 0 Å². The van der Waals surface area contributed by atoms with Crippen LogP contribution in [-0.2, 0) is 23.0 Å². The number of hydrogen-bond donors (Lipinski definition) is 1. The Hall–Kier alpha value is -0.950. The van der Waals surface area contributed by atoms with Crippen molar-refractivity contribution in [2.45, 2.75) is 59.0 Å². The van der Waals surface area contributed by atoms with Gasteiger partial charge in [-0.1, -0.05) is 26.7 Å². The van der Waals surface area contributed by atoms with Crippen LogP contribution < -0.4 is 4.72 Å². The first-order chi connectivity index (χ1) is 9.45. The van der Waals surface area contributed by atoms with E-state index in [2.05, 4.69) is 14.9 Å². The van der Waals surface area contributed by atoms with E-state index in [9.17, 15) is 8.42 Å². The van der Waals surface area contributed by atoms with Crippen LogP contribution in [0.15, 0.2) is 0 Å². The van der Waals surface area contributed by atoms with Crippen LogP contribution in [0.4, 0.5) is 0 Å². The molecule has 1 aromatic heterocycles. The molecule has 0 amide bonds. The second-order valence-electron chi connectivity index (χ2n) is 5.59. The number of aromatic nitrogens is 3. The molecule has 1 unspecified atom stereocenters. The minimum Gasteiger partial charge on any atom is -0.314 e. The third kappa shape index (κ3) is 3.58. The first kappa shape index (κ1) is 15.4. The molecule has 20 heavy (non-hydrogen) atoms. The molecule has 0 radical (unpaired) electrons. The van der Waals surface area contributed by atoms with Crippen molar-refractivity contribution in [1.29, 1.82) is 0 Å². The topological polar surface area (TPSA) is 76.9 Å². The predicted octanol–water partition coefficient (Wildman–Crippen LogP) is 1.26. The van der Waals surface area contributed by atoms with E-state index in [1.165, 1.54) is 0 Å². The Kier molecular flexibility index (Phi) is 4.80. The summed E-state index contributed by atoms with van der Waals surface area (Å²) < 4.78 is 29.3. The molecule has 1 aliphatic rings. The lowest BCUT2D eigenvalue weighted by Gasteiger charge is -2.25. The minimum atomic E-state index is -3.21. The van der Waals surface area contributed by atoms with Gasteiger partial charge in [0.15, 0.2) is 0 Å². The van der Waals surface area contributed by atoms with E-state index in [4.69, 9.17) is 0 Å². The molecule has 0 bridgehead atoms. The molecule has 7 heteroatoms. The van der Waals surface area contributed by atoms with Crippen molar-refractivity contribution in [2.24, 2.45) is 5.92 Å². The van der Waals surface area contributed by atoms with Crippen molar-refractivity contribution in [3.63, 3.8) is 0 Å². The third-order valence-corrected chi connectivity index (χ3v) is 5.69. The molecule has 2 rings (SSSR count). The van der Waals surface area contributed by atoms with Crippen molar-refractivity contribution >= 4 is 10.0 Å². The van der Waals surface area contributed by atoms with Gasteiger partial charge in [0.25, 0.3) is 0 Å². The highest BCUT2D eigenvalue weighted by Crippen LogP contribution is 2.16. The monoisotopic (exact) mass is 300 g/mol. The zero-order valence-corrected chi connectivity index (χ0v) is 13.3. The Morgan fingerprint density at radius 3 is 2.70 bits per heavy atom. The summed E-state index contributed by atoms with van der Waals surface area (Å²) in [6.45, 7) is 6.61. The van der Waals surface area contributed by atoms with E-state index in [-0.39, 0.29) is 17.7 Å². The second kappa shape index (κ2) is 6.22. The number of nitrogens with zero attached hydrogens (tertiary/aromatic N) is 3. The molecule has 114 valence electrons. The summed E-state index contributed by atoms with van der Waals surface area (Å²) in [4.78, 5) is 0. The first-order valence-electron chi connectivity index (χ1n) is 7.33. The van der Waals surface area contributed by atoms with Crippen LogP contribution in [0, 0.1) is 12.8 Å². The van der Waals surface area contributed by atoms with E-state index in [0.29, 0.717) is 6.54 Å².